The van der Waals surface area contributed by atoms with Gasteiger partial charge in [-0.2, -0.15) is 11.8 Å². The van der Waals surface area contributed by atoms with Crippen LogP contribution in [-0.2, 0) is 0 Å². The first kappa shape index (κ1) is 23.1. The van der Waals surface area contributed by atoms with Crippen LogP contribution < -0.4 is 0 Å². The van der Waals surface area contributed by atoms with Gasteiger partial charge >= 0.3 is 0 Å². The Labute approximate surface area is 155 Å². The molecule has 0 aliphatic heterocycles. The first-order valence-corrected chi connectivity index (χ1v) is 11.6. The van der Waals surface area contributed by atoms with Crippen molar-refractivity contribution < 1.29 is 0 Å². The number of isothiocyanates is 1. The Morgan fingerprint density at radius 3 is 1.57 bits per heavy atom. The van der Waals surface area contributed by atoms with Gasteiger partial charge in [-0.15, -0.1) is 0 Å². The molecule has 0 aromatic heterocycles. The van der Waals surface area contributed by atoms with E-state index in [4.69, 9.17) is 0 Å². The Bertz CT molecular complexity index is 262. The summed E-state index contributed by atoms with van der Waals surface area (Å²) in [5, 5.41) is 2.42. The summed E-state index contributed by atoms with van der Waals surface area (Å²) in [5.74, 6) is 2.54. The van der Waals surface area contributed by atoms with Crippen LogP contribution in [0.4, 0.5) is 0 Å². The van der Waals surface area contributed by atoms with Crippen LogP contribution in [0.5, 0.6) is 0 Å². The lowest BCUT2D eigenvalue weighted by Crippen LogP contribution is -1.88. The third kappa shape index (κ3) is 22.2. The molecule has 0 saturated carbocycles. The Morgan fingerprint density at radius 2 is 1.09 bits per heavy atom. The van der Waals surface area contributed by atoms with E-state index >= 15 is 0 Å². The van der Waals surface area contributed by atoms with Gasteiger partial charge in [0.2, 0.25) is 0 Å². The Balaban J connectivity index is 2.96. The van der Waals surface area contributed by atoms with Gasteiger partial charge in [0.05, 0.1) is 11.7 Å². The van der Waals surface area contributed by atoms with E-state index in [2.05, 4.69) is 41.1 Å². The van der Waals surface area contributed by atoms with Gasteiger partial charge in [0.1, 0.15) is 0 Å². The number of unbranched alkanes of at least 4 members (excludes halogenated alkanes) is 13. The average molecular weight is 358 g/mol. The maximum absolute atomic E-state index is 4.55. The van der Waals surface area contributed by atoms with Crippen molar-refractivity contribution in [2.75, 3.05) is 18.1 Å². The third-order valence-electron chi connectivity index (χ3n) is 4.27. The SMILES string of the molecule is CCCCCCCCCCCCCCCCSCCCN=C=S. The molecule has 0 aliphatic carbocycles. The quantitative estimate of drug-likeness (QED) is 0.133. The van der Waals surface area contributed by atoms with E-state index in [1.54, 1.807) is 0 Å². The van der Waals surface area contributed by atoms with Gasteiger partial charge < -0.3 is 0 Å². The van der Waals surface area contributed by atoms with E-state index in [-0.39, 0.29) is 0 Å². The van der Waals surface area contributed by atoms with Gasteiger partial charge in [0, 0.05) is 0 Å². The highest BCUT2D eigenvalue weighted by Gasteiger charge is 1.94. The molecular formula is C20H39NS2. The number of hydrogen-bond donors (Lipinski definition) is 0. The Hall–Kier alpha value is 0.150. The lowest BCUT2D eigenvalue weighted by molar-refractivity contribution is 0.538. The fourth-order valence-electron chi connectivity index (χ4n) is 2.79. The molecule has 0 fully saturated rings. The number of nitrogens with zero attached hydrogens (tertiary/aromatic N) is 1. The molecule has 0 bridgehead atoms. The predicted molar refractivity (Wildman–Crippen MR) is 112 cm³/mol. The summed E-state index contributed by atoms with van der Waals surface area (Å²) in [5.41, 5.74) is 0. The Morgan fingerprint density at radius 1 is 0.652 bits per heavy atom. The molecule has 0 radical (unpaired) electrons. The van der Waals surface area contributed by atoms with Crippen LogP contribution in [0, 0.1) is 0 Å². The molecule has 23 heavy (non-hydrogen) atoms. The van der Waals surface area contributed by atoms with Crippen molar-refractivity contribution in [1.29, 1.82) is 0 Å². The molecule has 0 atom stereocenters. The van der Waals surface area contributed by atoms with E-state index in [1.807, 2.05) is 0 Å². The molecular weight excluding hydrogens is 318 g/mol. The number of hydrogen-bond acceptors (Lipinski definition) is 3. The summed E-state index contributed by atoms with van der Waals surface area (Å²) in [6, 6.07) is 0. The molecule has 0 aromatic rings. The molecule has 0 saturated heterocycles. The highest BCUT2D eigenvalue weighted by Crippen LogP contribution is 2.14. The van der Waals surface area contributed by atoms with Gasteiger partial charge in [-0.05, 0) is 36.6 Å². The topological polar surface area (TPSA) is 12.4 Å². The minimum atomic E-state index is 0.856. The Kier molecular flexibility index (Phi) is 22.3. The fraction of sp³-hybridized carbons (Fsp3) is 0.950. The zero-order valence-electron chi connectivity index (χ0n) is 15.5. The summed E-state index contributed by atoms with van der Waals surface area (Å²) in [6.45, 7) is 3.15. The van der Waals surface area contributed by atoms with Crippen LogP contribution in [0.3, 0.4) is 0 Å². The van der Waals surface area contributed by atoms with Crippen LogP contribution in [0.25, 0.3) is 0 Å². The normalized spacial score (nSPS) is 10.7. The van der Waals surface area contributed by atoms with Crippen molar-refractivity contribution in [3.05, 3.63) is 0 Å². The molecule has 0 aromatic carbocycles. The molecule has 0 unspecified atom stereocenters. The highest BCUT2D eigenvalue weighted by atomic mass is 32.2. The first-order chi connectivity index (χ1) is 11.4. The van der Waals surface area contributed by atoms with Crippen molar-refractivity contribution >= 4 is 29.1 Å². The summed E-state index contributed by atoms with van der Waals surface area (Å²) in [7, 11) is 0. The second-order valence-electron chi connectivity index (χ2n) is 6.54. The smallest absolute Gasteiger partial charge is 0.0584 e. The molecule has 136 valence electrons. The van der Waals surface area contributed by atoms with E-state index in [0.29, 0.717) is 0 Å². The third-order valence-corrected chi connectivity index (χ3v) is 5.55. The van der Waals surface area contributed by atoms with E-state index < -0.39 is 0 Å². The molecule has 0 aliphatic rings. The summed E-state index contributed by atoms with van der Waals surface area (Å²) < 4.78 is 0. The van der Waals surface area contributed by atoms with E-state index in [0.717, 1.165) is 13.0 Å². The van der Waals surface area contributed by atoms with Crippen molar-refractivity contribution in [3.63, 3.8) is 0 Å². The van der Waals surface area contributed by atoms with Gasteiger partial charge in [0.15, 0.2) is 0 Å². The van der Waals surface area contributed by atoms with Crippen molar-refractivity contribution in [2.45, 2.75) is 103 Å². The van der Waals surface area contributed by atoms with Crippen LogP contribution in [0.15, 0.2) is 4.99 Å². The lowest BCUT2D eigenvalue weighted by atomic mass is 10.0. The van der Waals surface area contributed by atoms with Crippen LogP contribution in [0.2, 0.25) is 0 Å². The second kappa shape index (κ2) is 22.1. The summed E-state index contributed by atoms with van der Waals surface area (Å²) in [6.07, 6.45) is 21.3. The van der Waals surface area contributed by atoms with Gasteiger partial charge in [-0.25, -0.2) is 4.99 Å². The number of rotatable bonds is 19. The predicted octanol–water partition coefficient (Wildman–Crippen LogP) is 7.69. The molecule has 3 heteroatoms. The van der Waals surface area contributed by atoms with E-state index in [1.165, 1.54) is 101 Å². The maximum Gasteiger partial charge on any atom is 0.0584 e. The maximum atomic E-state index is 4.55. The molecule has 0 heterocycles. The largest absolute Gasteiger partial charge is 0.233 e. The van der Waals surface area contributed by atoms with Gasteiger partial charge in [-0.3, -0.25) is 0 Å². The summed E-state index contributed by atoms with van der Waals surface area (Å²) >= 11 is 6.61. The minimum absolute atomic E-state index is 0.856. The number of thioether (sulfide) groups is 1. The molecule has 0 spiro atoms. The van der Waals surface area contributed by atoms with Gasteiger partial charge in [-0.1, -0.05) is 90.4 Å². The average Bonchev–Trinajstić information content (AvgIpc) is 2.57. The zero-order valence-corrected chi connectivity index (χ0v) is 17.1. The summed E-state index contributed by atoms with van der Waals surface area (Å²) in [4.78, 5) is 3.93. The first-order valence-electron chi connectivity index (χ1n) is 10.0. The van der Waals surface area contributed by atoms with E-state index in [9.17, 15) is 0 Å². The van der Waals surface area contributed by atoms with Crippen molar-refractivity contribution in [1.82, 2.24) is 0 Å². The monoisotopic (exact) mass is 357 g/mol. The number of aliphatic imine (C=N–C) groups is 1. The fourth-order valence-corrected chi connectivity index (χ4v) is 3.83. The zero-order chi connectivity index (χ0) is 16.8. The van der Waals surface area contributed by atoms with Crippen LogP contribution in [0.1, 0.15) is 103 Å². The molecule has 0 N–H and O–H groups in total. The number of thiocarbonyl (C=S) groups is 1. The van der Waals surface area contributed by atoms with Crippen molar-refractivity contribution in [2.24, 2.45) is 4.99 Å². The second-order valence-corrected chi connectivity index (χ2v) is 7.94. The van der Waals surface area contributed by atoms with Crippen LogP contribution >= 0.6 is 24.0 Å². The highest BCUT2D eigenvalue weighted by molar-refractivity contribution is 7.99. The lowest BCUT2D eigenvalue weighted by Gasteiger charge is -2.03. The molecule has 1 nitrogen and oxygen atoms in total. The molecule has 0 amide bonds. The molecule has 0 rings (SSSR count). The van der Waals surface area contributed by atoms with Gasteiger partial charge in [0.25, 0.3) is 0 Å². The standard InChI is InChI=1S/C20H39NS2/c1-2-3-4-5-6-7-8-9-10-11-12-13-14-15-18-23-19-16-17-21-20-22/h2-19H2,1H3. The van der Waals surface area contributed by atoms with Crippen molar-refractivity contribution in [3.8, 4) is 0 Å². The van der Waals surface area contributed by atoms with Crippen LogP contribution in [-0.4, -0.2) is 23.2 Å². The minimum Gasteiger partial charge on any atom is -0.233 e.